The molecule has 0 aliphatic rings. The third kappa shape index (κ3) is 2.91. The molecule has 0 bridgehead atoms. The van der Waals surface area contributed by atoms with E-state index in [2.05, 4.69) is 30.6 Å². The van der Waals surface area contributed by atoms with Gasteiger partial charge in [-0.25, -0.2) is 0 Å². The Bertz CT molecular complexity index is 605. The van der Waals surface area contributed by atoms with Crippen LogP contribution in [0.3, 0.4) is 0 Å². The minimum atomic E-state index is -0.530. The molecule has 0 atom stereocenters. The van der Waals surface area contributed by atoms with E-state index in [0.717, 1.165) is 0 Å². The van der Waals surface area contributed by atoms with Crippen LogP contribution < -0.4 is 16.0 Å². The van der Waals surface area contributed by atoms with Crippen molar-refractivity contribution in [2.24, 2.45) is 7.05 Å². The number of nitrogens with one attached hydrogen (secondary N) is 1. The first-order chi connectivity index (χ1) is 8.95. The molecule has 0 unspecified atom stereocenters. The van der Waals surface area contributed by atoms with Gasteiger partial charge >= 0.3 is 0 Å². The van der Waals surface area contributed by atoms with Gasteiger partial charge < -0.3 is 16.0 Å². The average molecular weight is 263 g/mol. The molecule has 0 saturated heterocycles. The molecule has 19 heavy (non-hydrogen) atoms. The van der Waals surface area contributed by atoms with E-state index in [-0.39, 0.29) is 11.8 Å². The summed E-state index contributed by atoms with van der Waals surface area (Å²) in [6.45, 7) is 0. The predicted octanol–water partition coefficient (Wildman–Crippen LogP) is -1.10. The standard InChI is InChI=1S/C9H13N9O/c1-17(2)9-13-6(12-8(10)14-9)7(19)11-5-4-18(3)16-15-5/h4H,1-3H3,(H,11,19)(H2,10,12,13,14). The second kappa shape index (κ2) is 4.84. The van der Waals surface area contributed by atoms with Gasteiger partial charge in [-0.05, 0) is 0 Å². The number of aryl methyl sites for hydroxylation is 1. The zero-order chi connectivity index (χ0) is 14.0. The van der Waals surface area contributed by atoms with Crippen LogP contribution in [-0.2, 0) is 7.05 Å². The summed E-state index contributed by atoms with van der Waals surface area (Å²) in [4.78, 5) is 25.2. The van der Waals surface area contributed by atoms with Crippen molar-refractivity contribution in [2.45, 2.75) is 0 Å². The first kappa shape index (κ1) is 12.7. The van der Waals surface area contributed by atoms with E-state index in [0.29, 0.717) is 11.8 Å². The third-order valence-electron chi connectivity index (χ3n) is 2.09. The number of rotatable bonds is 3. The van der Waals surface area contributed by atoms with Gasteiger partial charge in [0.1, 0.15) is 0 Å². The second-order valence-electron chi connectivity index (χ2n) is 3.94. The van der Waals surface area contributed by atoms with Crippen molar-refractivity contribution < 1.29 is 4.79 Å². The number of anilines is 3. The van der Waals surface area contributed by atoms with E-state index in [1.165, 1.54) is 4.68 Å². The summed E-state index contributed by atoms with van der Waals surface area (Å²) < 4.78 is 1.46. The van der Waals surface area contributed by atoms with Gasteiger partial charge in [-0.3, -0.25) is 9.48 Å². The van der Waals surface area contributed by atoms with Crippen LogP contribution in [0.15, 0.2) is 6.20 Å². The van der Waals surface area contributed by atoms with Gasteiger partial charge in [-0.1, -0.05) is 5.21 Å². The monoisotopic (exact) mass is 263 g/mol. The number of hydrogen-bond donors (Lipinski definition) is 2. The van der Waals surface area contributed by atoms with Gasteiger partial charge in [0.05, 0.1) is 6.20 Å². The number of hydrogen-bond acceptors (Lipinski definition) is 8. The lowest BCUT2D eigenvalue weighted by molar-refractivity contribution is 0.101. The Labute approximate surface area is 108 Å². The highest BCUT2D eigenvalue weighted by Gasteiger charge is 2.15. The summed E-state index contributed by atoms with van der Waals surface area (Å²) in [5.74, 6) is -0.0303. The predicted molar refractivity (Wildman–Crippen MR) is 67.5 cm³/mol. The highest BCUT2D eigenvalue weighted by atomic mass is 16.2. The van der Waals surface area contributed by atoms with E-state index in [1.807, 2.05) is 0 Å². The molecular formula is C9H13N9O. The van der Waals surface area contributed by atoms with Crippen molar-refractivity contribution >= 4 is 23.6 Å². The Balaban J connectivity index is 2.23. The fraction of sp³-hybridized carbons (Fsp3) is 0.333. The number of carbonyl (C=O) groups excluding carboxylic acids is 1. The summed E-state index contributed by atoms with van der Waals surface area (Å²) in [6, 6.07) is 0. The van der Waals surface area contributed by atoms with Crippen LogP contribution in [0, 0.1) is 0 Å². The quantitative estimate of drug-likeness (QED) is 0.714. The fourth-order valence-corrected chi connectivity index (χ4v) is 1.26. The molecule has 2 heterocycles. The Morgan fingerprint density at radius 3 is 2.68 bits per heavy atom. The van der Waals surface area contributed by atoms with Crippen molar-refractivity contribution in [3.63, 3.8) is 0 Å². The molecule has 0 saturated carbocycles. The lowest BCUT2D eigenvalue weighted by Crippen LogP contribution is -2.21. The SMILES string of the molecule is CN(C)c1nc(N)nc(C(=O)Nc2cn(C)nn2)n1. The lowest BCUT2D eigenvalue weighted by atomic mass is 10.5. The van der Waals surface area contributed by atoms with Crippen molar-refractivity contribution in [3.8, 4) is 0 Å². The molecule has 2 aromatic heterocycles. The number of aromatic nitrogens is 6. The van der Waals surface area contributed by atoms with E-state index < -0.39 is 5.91 Å². The van der Waals surface area contributed by atoms with Crippen molar-refractivity contribution in [2.75, 3.05) is 30.0 Å². The molecule has 0 aliphatic carbocycles. The summed E-state index contributed by atoms with van der Waals surface area (Å²) in [5.41, 5.74) is 5.53. The molecule has 0 fully saturated rings. The average Bonchev–Trinajstić information content (AvgIpc) is 2.73. The maximum Gasteiger partial charge on any atom is 0.294 e. The van der Waals surface area contributed by atoms with Gasteiger partial charge in [0.25, 0.3) is 5.91 Å². The molecule has 0 aliphatic heterocycles. The van der Waals surface area contributed by atoms with Gasteiger partial charge in [-0.15, -0.1) is 5.10 Å². The normalized spacial score (nSPS) is 10.3. The van der Waals surface area contributed by atoms with Gasteiger partial charge in [0, 0.05) is 21.1 Å². The molecular weight excluding hydrogens is 250 g/mol. The first-order valence-corrected chi connectivity index (χ1v) is 5.32. The molecule has 10 nitrogen and oxygen atoms in total. The smallest absolute Gasteiger partial charge is 0.294 e. The molecule has 0 spiro atoms. The molecule has 10 heteroatoms. The topological polar surface area (TPSA) is 128 Å². The molecule has 100 valence electrons. The summed E-state index contributed by atoms with van der Waals surface area (Å²) >= 11 is 0. The first-order valence-electron chi connectivity index (χ1n) is 5.32. The number of nitrogens with zero attached hydrogens (tertiary/aromatic N) is 7. The van der Waals surface area contributed by atoms with Crippen LogP contribution in [0.25, 0.3) is 0 Å². The lowest BCUT2D eigenvalue weighted by Gasteiger charge is -2.10. The summed E-state index contributed by atoms with van der Waals surface area (Å²) in [6.07, 6.45) is 1.55. The van der Waals surface area contributed by atoms with Crippen LogP contribution in [0.4, 0.5) is 17.7 Å². The molecule has 0 radical (unpaired) electrons. The minimum absolute atomic E-state index is 0.0250. The molecule has 2 aromatic rings. The zero-order valence-corrected chi connectivity index (χ0v) is 10.7. The van der Waals surface area contributed by atoms with E-state index in [4.69, 9.17) is 5.73 Å². The Morgan fingerprint density at radius 2 is 2.11 bits per heavy atom. The van der Waals surface area contributed by atoms with E-state index in [1.54, 1.807) is 32.2 Å². The molecule has 1 amide bonds. The number of carbonyl (C=O) groups is 1. The fourth-order valence-electron chi connectivity index (χ4n) is 1.26. The third-order valence-corrected chi connectivity index (χ3v) is 2.09. The molecule has 3 N–H and O–H groups in total. The minimum Gasteiger partial charge on any atom is -0.368 e. The van der Waals surface area contributed by atoms with Crippen LogP contribution in [0.1, 0.15) is 10.6 Å². The van der Waals surface area contributed by atoms with Gasteiger partial charge in [0.2, 0.25) is 17.7 Å². The summed E-state index contributed by atoms with van der Waals surface area (Å²) in [7, 11) is 5.16. The van der Waals surface area contributed by atoms with Gasteiger partial charge in [-0.2, -0.15) is 15.0 Å². The number of nitrogens with two attached hydrogens (primary N) is 1. The van der Waals surface area contributed by atoms with E-state index in [9.17, 15) is 4.79 Å². The maximum atomic E-state index is 11.9. The largest absolute Gasteiger partial charge is 0.368 e. The van der Waals surface area contributed by atoms with Crippen LogP contribution >= 0.6 is 0 Å². The van der Waals surface area contributed by atoms with Crippen molar-refractivity contribution in [3.05, 3.63) is 12.0 Å². The maximum absolute atomic E-state index is 11.9. The van der Waals surface area contributed by atoms with Crippen molar-refractivity contribution in [1.29, 1.82) is 0 Å². The van der Waals surface area contributed by atoms with Crippen LogP contribution in [-0.4, -0.2) is 49.9 Å². The Hall–Kier alpha value is -2.78. The number of amides is 1. The highest BCUT2D eigenvalue weighted by molar-refractivity contribution is 6.01. The summed E-state index contributed by atoms with van der Waals surface area (Å²) in [5, 5.41) is 9.93. The Kier molecular flexibility index (Phi) is 3.23. The zero-order valence-electron chi connectivity index (χ0n) is 10.7. The van der Waals surface area contributed by atoms with Crippen molar-refractivity contribution in [1.82, 2.24) is 29.9 Å². The molecule has 0 aromatic carbocycles. The van der Waals surface area contributed by atoms with Crippen LogP contribution in [0.2, 0.25) is 0 Å². The Morgan fingerprint density at radius 1 is 1.37 bits per heavy atom. The van der Waals surface area contributed by atoms with E-state index >= 15 is 0 Å². The highest BCUT2D eigenvalue weighted by Crippen LogP contribution is 2.07. The van der Waals surface area contributed by atoms with Gasteiger partial charge in [0.15, 0.2) is 5.82 Å². The number of nitrogen functional groups attached to an aromatic ring is 1. The molecule has 2 rings (SSSR count). The second-order valence-corrected chi connectivity index (χ2v) is 3.94. The van der Waals surface area contributed by atoms with Crippen LogP contribution in [0.5, 0.6) is 0 Å².